The van der Waals surface area contributed by atoms with E-state index in [9.17, 15) is 19.2 Å². The Labute approximate surface area is 361 Å². The average Bonchev–Trinajstić information content (AvgIpc) is 3.94. The molecule has 62 heavy (non-hydrogen) atoms. The molecule has 2 aromatic carbocycles. The lowest BCUT2D eigenvalue weighted by molar-refractivity contribution is -0.118. The first-order valence-electron chi connectivity index (χ1n) is 21.1. The van der Waals surface area contributed by atoms with Crippen molar-refractivity contribution in [3.63, 3.8) is 0 Å². The van der Waals surface area contributed by atoms with Crippen LogP contribution < -0.4 is 9.80 Å². The first kappa shape index (κ1) is 46.0. The second-order valence-electron chi connectivity index (χ2n) is 15.6. The number of benzene rings is 2. The van der Waals surface area contributed by atoms with E-state index in [4.69, 9.17) is 28.4 Å². The van der Waals surface area contributed by atoms with Gasteiger partial charge in [-0.15, -0.1) is 10.2 Å². The number of methoxy groups -OCH3 is 2. The summed E-state index contributed by atoms with van der Waals surface area (Å²) < 4.78 is 36.5. The van der Waals surface area contributed by atoms with E-state index in [1.165, 1.54) is 14.2 Å². The van der Waals surface area contributed by atoms with Crippen LogP contribution in [-0.2, 0) is 51.2 Å². The molecule has 0 saturated carbocycles. The van der Waals surface area contributed by atoms with Crippen LogP contribution in [0.4, 0.5) is 11.4 Å². The maximum atomic E-state index is 12.8. The van der Waals surface area contributed by atoms with Gasteiger partial charge < -0.3 is 38.2 Å². The highest BCUT2D eigenvalue weighted by Crippen LogP contribution is 2.45. The van der Waals surface area contributed by atoms with Gasteiger partial charge in [0, 0.05) is 60.3 Å². The van der Waals surface area contributed by atoms with Crippen molar-refractivity contribution < 1.29 is 47.6 Å². The molecule has 4 heterocycles. The van der Waals surface area contributed by atoms with Crippen LogP contribution in [0.15, 0.2) is 48.8 Å². The Morgan fingerprint density at radius 1 is 0.581 bits per heavy atom. The summed E-state index contributed by atoms with van der Waals surface area (Å²) >= 11 is 0. The molecule has 0 spiro atoms. The van der Waals surface area contributed by atoms with Crippen LogP contribution in [-0.4, -0.2) is 120 Å². The van der Waals surface area contributed by atoms with Crippen LogP contribution >= 0.6 is 0 Å². The summed E-state index contributed by atoms with van der Waals surface area (Å²) in [6.07, 6.45) is 5.18. The third-order valence-corrected chi connectivity index (χ3v) is 11.7. The van der Waals surface area contributed by atoms with Crippen molar-refractivity contribution in [3.8, 4) is 0 Å². The highest BCUT2D eigenvalue weighted by molar-refractivity contribution is 5.97. The Morgan fingerprint density at radius 3 is 1.29 bits per heavy atom. The van der Waals surface area contributed by atoms with Gasteiger partial charge in [-0.2, -0.15) is 0 Å². The van der Waals surface area contributed by atoms with E-state index in [0.717, 1.165) is 35.3 Å². The van der Waals surface area contributed by atoms with Gasteiger partial charge in [0.05, 0.1) is 103 Å². The predicted molar refractivity (Wildman–Crippen MR) is 226 cm³/mol. The zero-order chi connectivity index (χ0) is 44.5. The molecule has 2 aliphatic heterocycles. The number of ether oxygens (including phenoxy) is 6. The SMILES string of the molecule is CCC1[C@@H](C)C(n2cc(COCCOCCOCCOCc3cn([C@@H]4c5cc(C(=O)OC)ccc5N(C(C)=O)C(CC)[C@H]4C)nn3)nn2)c2cc(C(=O)OC)ccc2N1C(C)=O. The van der Waals surface area contributed by atoms with E-state index < -0.39 is 11.9 Å². The second kappa shape index (κ2) is 21.0. The van der Waals surface area contributed by atoms with Crippen LogP contribution in [0.5, 0.6) is 0 Å². The molecule has 4 aromatic rings. The van der Waals surface area contributed by atoms with Gasteiger partial charge in [-0.1, -0.05) is 38.1 Å². The standard InChI is InChI=1S/C44H58N8O10/c1-9-37-27(3)41(35-21-31(43(55)57-7)11-13-39(35)51(37)29(5)53)49-23-33(45-47-49)25-61-19-17-59-15-16-60-18-20-62-26-34-24-50(48-46-34)42-28(4)38(10-2)52(30(6)54)40-14-12-32(22-36(40)42)44(56)58-8/h11-14,21-24,27-28,37-38,41-42H,9-10,15-20,25-26H2,1-8H3/t27-,28-,37?,38?,41+,42?/m1/s1. The molecular formula is C44H58N8O10. The lowest BCUT2D eigenvalue weighted by Crippen LogP contribution is -2.49. The molecular weight excluding hydrogens is 801 g/mol. The number of carbonyl (C=O) groups excluding carboxylic acids is 4. The fourth-order valence-corrected chi connectivity index (χ4v) is 8.95. The largest absolute Gasteiger partial charge is 0.465 e. The van der Waals surface area contributed by atoms with Crippen molar-refractivity contribution in [2.24, 2.45) is 11.8 Å². The van der Waals surface area contributed by atoms with Crippen molar-refractivity contribution >= 4 is 35.1 Å². The highest BCUT2D eigenvalue weighted by atomic mass is 16.6. The molecule has 0 fully saturated rings. The van der Waals surface area contributed by atoms with Crippen molar-refractivity contribution in [1.82, 2.24) is 30.0 Å². The van der Waals surface area contributed by atoms with Crippen molar-refractivity contribution in [2.75, 3.05) is 63.7 Å². The summed E-state index contributed by atoms with van der Waals surface area (Å²) in [5.74, 6) is -1.09. The van der Waals surface area contributed by atoms with E-state index >= 15 is 0 Å². The van der Waals surface area contributed by atoms with Crippen LogP contribution in [0, 0.1) is 11.8 Å². The number of esters is 2. The van der Waals surface area contributed by atoms with Gasteiger partial charge in [-0.25, -0.2) is 19.0 Å². The molecule has 6 atom stereocenters. The van der Waals surface area contributed by atoms with Crippen molar-refractivity contribution in [3.05, 3.63) is 82.4 Å². The third-order valence-electron chi connectivity index (χ3n) is 11.7. The lowest BCUT2D eigenvalue weighted by atomic mass is 9.80. The Kier molecular flexibility index (Phi) is 15.6. The third kappa shape index (κ3) is 9.88. The number of aromatic nitrogens is 6. The summed E-state index contributed by atoms with van der Waals surface area (Å²) in [6.45, 7) is 14.1. The molecule has 2 aliphatic rings. The number of carbonyl (C=O) groups is 4. The zero-order valence-corrected chi connectivity index (χ0v) is 36.8. The number of nitrogens with zero attached hydrogens (tertiary/aromatic N) is 8. The second-order valence-corrected chi connectivity index (χ2v) is 15.6. The minimum atomic E-state index is -0.455. The summed E-state index contributed by atoms with van der Waals surface area (Å²) in [5, 5.41) is 17.6. The van der Waals surface area contributed by atoms with E-state index in [-0.39, 0.29) is 61.0 Å². The molecule has 2 amide bonds. The normalized spacial score (nSPS) is 20.7. The molecule has 0 saturated heterocycles. The molecule has 2 aromatic heterocycles. The van der Waals surface area contributed by atoms with Crippen LogP contribution in [0.25, 0.3) is 0 Å². The number of hydrogen-bond acceptors (Lipinski definition) is 14. The fourth-order valence-electron chi connectivity index (χ4n) is 8.95. The first-order valence-corrected chi connectivity index (χ1v) is 21.1. The van der Waals surface area contributed by atoms with Crippen molar-refractivity contribution in [1.29, 1.82) is 0 Å². The fraction of sp³-hybridized carbons (Fsp3) is 0.545. The zero-order valence-electron chi connectivity index (χ0n) is 36.8. The van der Waals surface area contributed by atoms with Gasteiger partial charge in [0.15, 0.2) is 0 Å². The number of amides is 2. The number of fused-ring (bicyclic) bond motifs is 2. The Bertz CT molecular complexity index is 2040. The van der Waals surface area contributed by atoms with E-state index in [1.807, 2.05) is 22.2 Å². The molecule has 0 radical (unpaired) electrons. The van der Waals surface area contributed by atoms with Crippen molar-refractivity contribution in [2.45, 2.75) is 91.8 Å². The van der Waals surface area contributed by atoms with E-state index in [1.54, 1.807) is 59.6 Å². The quantitative estimate of drug-likeness (QED) is 0.0909. The summed E-state index contributed by atoms with van der Waals surface area (Å²) in [6, 6.07) is 9.85. The van der Waals surface area contributed by atoms with Gasteiger partial charge >= 0.3 is 11.9 Å². The predicted octanol–water partition coefficient (Wildman–Crippen LogP) is 4.95. The average molecular weight is 859 g/mol. The van der Waals surface area contributed by atoms with Gasteiger partial charge in [0.2, 0.25) is 11.8 Å². The molecule has 0 bridgehead atoms. The number of anilines is 2. The highest BCUT2D eigenvalue weighted by Gasteiger charge is 2.43. The van der Waals surface area contributed by atoms with Crippen LogP contribution in [0.2, 0.25) is 0 Å². The number of hydrogen-bond donors (Lipinski definition) is 0. The van der Waals surface area contributed by atoms with E-state index in [2.05, 4.69) is 48.3 Å². The maximum absolute atomic E-state index is 12.8. The number of rotatable bonds is 19. The molecule has 18 heteroatoms. The molecule has 0 aliphatic carbocycles. The maximum Gasteiger partial charge on any atom is 0.337 e. The van der Waals surface area contributed by atoms with Gasteiger partial charge in [0.25, 0.3) is 0 Å². The minimum Gasteiger partial charge on any atom is -0.465 e. The summed E-state index contributed by atoms with van der Waals surface area (Å²) in [7, 11) is 2.68. The molecule has 6 rings (SSSR count). The molecule has 0 N–H and O–H groups in total. The molecule has 3 unspecified atom stereocenters. The van der Waals surface area contributed by atoms with Gasteiger partial charge in [-0.05, 0) is 49.2 Å². The van der Waals surface area contributed by atoms with E-state index in [0.29, 0.717) is 62.2 Å². The van der Waals surface area contributed by atoms with Gasteiger partial charge in [0.1, 0.15) is 11.4 Å². The Morgan fingerprint density at radius 2 is 0.952 bits per heavy atom. The minimum absolute atomic E-state index is 0.0258. The topological polar surface area (TPSA) is 192 Å². The van der Waals surface area contributed by atoms with Crippen LogP contribution in [0.1, 0.15) is 110 Å². The van der Waals surface area contributed by atoms with Gasteiger partial charge in [-0.3, -0.25) is 9.59 Å². The summed E-state index contributed by atoms with van der Waals surface area (Å²) in [4.78, 5) is 54.1. The monoisotopic (exact) mass is 858 g/mol. The Balaban J connectivity index is 0.916. The van der Waals surface area contributed by atoms with Crippen LogP contribution in [0.3, 0.4) is 0 Å². The smallest absolute Gasteiger partial charge is 0.337 e. The summed E-state index contributed by atoms with van der Waals surface area (Å²) in [5.41, 5.74) is 5.17. The molecule has 334 valence electrons. The first-order chi connectivity index (χ1) is 29.9. The lowest BCUT2D eigenvalue weighted by Gasteiger charge is -2.44. The Hall–Kier alpha value is -5.56. The molecule has 18 nitrogen and oxygen atoms in total.